The van der Waals surface area contributed by atoms with Crippen molar-refractivity contribution in [2.75, 3.05) is 18.4 Å². The van der Waals surface area contributed by atoms with E-state index in [4.69, 9.17) is 11.6 Å². The van der Waals surface area contributed by atoms with Crippen LogP contribution in [0, 0.1) is 11.7 Å². The number of benzene rings is 1. The van der Waals surface area contributed by atoms with Crippen LogP contribution in [0.25, 0.3) is 0 Å². The summed E-state index contributed by atoms with van der Waals surface area (Å²) in [6.45, 7) is 1.04. The molecule has 0 aliphatic carbocycles. The molecule has 5 nitrogen and oxygen atoms in total. The third kappa shape index (κ3) is 5.26. The average Bonchev–Trinajstić information content (AvgIpc) is 2.66. The number of halogens is 3. The summed E-state index contributed by atoms with van der Waals surface area (Å²) in [5.41, 5.74) is 0.752. The number of carbonyl (C=O) groups is 2. The van der Waals surface area contributed by atoms with E-state index in [9.17, 15) is 14.0 Å². The number of pyridine rings is 1. The summed E-state index contributed by atoms with van der Waals surface area (Å²) in [6.07, 6.45) is 2.88. The largest absolute Gasteiger partial charge is 0.342 e. The van der Waals surface area contributed by atoms with Gasteiger partial charge in [0.25, 0.3) is 0 Å². The first kappa shape index (κ1) is 19.8. The first-order chi connectivity index (χ1) is 12.9. The van der Waals surface area contributed by atoms with Gasteiger partial charge in [0, 0.05) is 25.2 Å². The van der Waals surface area contributed by atoms with Crippen molar-refractivity contribution in [2.45, 2.75) is 19.3 Å². The smallest absolute Gasteiger partial charge is 0.228 e. The van der Waals surface area contributed by atoms with Gasteiger partial charge in [-0.3, -0.25) is 9.59 Å². The Morgan fingerprint density at radius 1 is 1.26 bits per heavy atom. The molecule has 1 aromatic heterocycles. The van der Waals surface area contributed by atoms with Gasteiger partial charge >= 0.3 is 0 Å². The van der Waals surface area contributed by atoms with Crippen molar-refractivity contribution in [3.8, 4) is 0 Å². The number of anilines is 1. The van der Waals surface area contributed by atoms with E-state index < -0.39 is 0 Å². The van der Waals surface area contributed by atoms with Crippen molar-refractivity contribution in [2.24, 2.45) is 5.92 Å². The van der Waals surface area contributed by atoms with E-state index in [0.717, 1.165) is 5.56 Å². The Morgan fingerprint density at radius 2 is 2.00 bits per heavy atom. The van der Waals surface area contributed by atoms with E-state index in [1.165, 1.54) is 12.3 Å². The molecule has 142 valence electrons. The molecule has 1 fully saturated rings. The van der Waals surface area contributed by atoms with Crippen molar-refractivity contribution in [1.82, 2.24) is 9.88 Å². The lowest BCUT2D eigenvalue weighted by Crippen LogP contribution is -2.42. The van der Waals surface area contributed by atoms with Gasteiger partial charge in [0.05, 0.1) is 15.9 Å². The highest BCUT2D eigenvalue weighted by molar-refractivity contribution is 9.10. The van der Waals surface area contributed by atoms with Crippen molar-refractivity contribution in [3.05, 3.63) is 57.4 Å². The first-order valence-electron chi connectivity index (χ1n) is 8.56. The monoisotopic (exact) mass is 453 g/mol. The second-order valence-corrected chi connectivity index (χ2v) is 7.72. The molecule has 0 bridgehead atoms. The van der Waals surface area contributed by atoms with Gasteiger partial charge < -0.3 is 10.2 Å². The minimum atomic E-state index is -0.354. The minimum Gasteiger partial charge on any atom is -0.342 e. The molecule has 2 heterocycles. The zero-order chi connectivity index (χ0) is 19.4. The van der Waals surface area contributed by atoms with Gasteiger partial charge in [-0.15, -0.1) is 0 Å². The molecule has 0 unspecified atom stereocenters. The van der Waals surface area contributed by atoms with E-state index in [1.54, 1.807) is 29.2 Å². The maximum Gasteiger partial charge on any atom is 0.228 e. The zero-order valence-corrected chi connectivity index (χ0v) is 16.8. The molecule has 0 radical (unpaired) electrons. The van der Waals surface area contributed by atoms with Gasteiger partial charge in [0.1, 0.15) is 11.6 Å². The Labute approximate surface area is 170 Å². The fraction of sp³-hybridized carbons (Fsp3) is 0.316. The highest BCUT2D eigenvalue weighted by Gasteiger charge is 2.27. The number of rotatable bonds is 4. The van der Waals surface area contributed by atoms with Crippen LogP contribution in [0.4, 0.5) is 10.2 Å². The van der Waals surface area contributed by atoms with Crippen molar-refractivity contribution in [3.63, 3.8) is 0 Å². The summed E-state index contributed by atoms with van der Waals surface area (Å²) in [5, 5.41) is 3.29. The van der Waals surface area contributed by atoms with Crippen LogP contribution >= 0.6 is 27.5 Å². The Bertz CT molecular complexity index is 839. The number of carbonyl (C=O) groups excluding carboxylic acids is 2. The van der Waals surface area contributed by atoms with E-state index in [2.05, 4.69) is 26.2 Å². The van der Waals surface area contributed by atoms with Gasteiger partial charge in [-0.1, -0.05) is 17.7 Å². The molecule has 1 N–H and O–H groups in total. The van der Waals surface area contributed by atoms with E-state index in [-0.39, 0.29) is 30.0 Å². The summed E-state index contributed by atoms with van der Waals surface area (Å²) in [6, 6.07) is 7.89. The van der Waals surface area contributed by atoms with Gasteiger partial charge in [0.2, 0.25) is 11.8 Å². The molecule has 1 aromatic carbocycles. The summed E-state index contributed by atoms with van der Waals surface area (Å²) in [7, 11) is 0. The predicted octanol–water partition coefficient (Wildman–Crippen LogP) is 4.06. The van der Waals surface area contributed by atoms with E-state index in [0.29, 0.717) is 41.2 Å². The number of hydrogen-bond donors (Lipinski definition) is 1. The number of piperidine rings is 1. The topological polar surface area (TPSA) is 62.3 Å². The zero-order valence-electron chi connectivity index (χ0n) is 14.4. The number of likely N-dealkylation sites (tertiary alicyclic amines) is 1. The second kappa shape index (κ2) is 8.80. The Kier molecular flexibility index (Phi) is 6.44. The Hall–Kier alpha value is -1.99. The highest BCUT2D eigenvalue weighted by atomic mass is 79.9. The Balaban J connectivity index is 1.50. The lowest BCUT2D eigenvalue weighted by molar-refractivity contribution is -0.133. The number of amides is 2. The van der Waals surface area contributed by atoms with Crippen LogP contribution in [0.3, 0.4) is 0 Å². The maximum absolute atomic E-state index is 13.3. The van der Waals surface area contributed by atoms with Gasteiger partial charge in [-0.2, -0.15) is 0 Å². The molecule has 0 atom stereocenters. The van der Waals surface area contributed by atoms with E-state index in [1.807, 2.05) is 0 Å². The molecule has 1 saturated heterocycles. The van der Waals surface area contributed by atoms with Gasteiger partial charge in [-0.25, -0.2) is 9.37 Å². The normalized spacial score (nSPS) is 14.9. The molecule has 2 aromatic rings. The number of nitrogens with one attached hydrogen (secondary N) is 1. The van der Waals surface area contributed by atoms with Crippen LogP contribution in [0.1, 0.15) is 18.4 Å². The molecule has 27 heavy (non-hydrogen) atoms. The first-order valence-corrected chi connectivity index (χ1v) is 9.73. The highest BCUT2D eigenvalue weighted by Crippen LogP contribution is 2.21. The van der Waals surface area contributed by atoms with Crippen LogP contribution in [0.2, 0.25) is 5.02 Å². The molecule has 1 aliphatic heterocycles. The number of nitrogens with zero attached hydrogens (tertiary/aromatic N) is 2. The standard InChI is InChI=1S/C19H18BrClFN3O2/c20-15-9-12(1-3-16(15)22)10-18(26)25-7-5-13(6-8-25)19(27)24-17-4-2-14(21)11-23-17/h1-4,9,11,13H,5-8,10H2,(H,23,24,27). The minimum absolute atomic E-state index is 0.0215. The third-order valence-electron chi connectivity index (χ3n) is 4.54. The van der Waals surface area contributed by atoms with Gasteiger partial charge in [-0.05, 0) is 58.6 Å². The summed E-state index contributed by atoms with van der Waals surface area (Å²) >= 11 is 8.91. The quantitative estimate of drug-likeness (QED) is 0.758. The summed E-state index contributed by atoms with van der Waals surface area (Å²) in [5.74, 6) is -0.171. The average molecular weight is 455 g/mol. The predicted molar refractivity (Wildman–Crippen MR) is 105 cm³/mol. The second-order valence-electron chi connectivity index (χ2n) is 6.43. The molecule has 2 amide bonds. The number of aromatic nitrogens is 1. The molecular formula is C19H18BrClFN3O2. The van der Waals surface area contributed by atoms with Crippen LogP contribution in [0.5, 0.6) is 0 Å². The molecule has 0 saturated carbocycles. The van der Waals surface area contributed by atoms with E-state index >= 15 is 0 Å². The summed E-state index contributed by atoms with van der Waals surface area (Å²) < 4.78 is 13.6. The molecule has 8 heteroatoms. The fourth-order valence-corrected chi connectivity index (χ4v) is 3.54. The number of hydrogen-bond acceptors (Lipinski definition) is 3. The molecular weight excluding hydrogens is 437 g/mol. The van der Waals surface area contributed by atoms with Crippen LogP contribution in [0.15, 0.2) is 41.0 Å². The van der Waals surface area contributed by atoms with Crippen LogP contribution < -0.4 is 5.32 Å². The lowest BCUT2D eigenvalue weighted by Gasteiger charge is -2.31. The van der Waals surface area contributed by atoms with Crippen LogP contribution in [-0.4, -0.2) is 34.8 Å². The van der Waals surface area contributed by atoms with Crippen molar-refractivity contribution in [1.29, 1.82) is 0 Å². The maximum atomic E-state index is 13.3. The van der Waals surface area contributed by atoms with Gasteiger partial charge in [0.15, 0.2) is 0 Å². The molecule has 1 aliphatic rings. The van der Waals surface area contributed by atoms with Crippen LogP contribution in [-0.2, 0) is 16.0 Å². The molecule has 3 rings (SSSR count). The molecule has 0 spiro atoms. The lowest BCUT2D eigenvalue weighted by atomic mass is 9.95. The Morgan fingerprint density at radius 3 is 2.63 bits per heavy atom. The van der Waals surface area contributed by atoms with Crippen molar-refractivity contribution < 1.29 is 14.0 Å². The van der Waals surface area contributed by atoms with Crippen molar-refractivity contribution >= 4 is 45.2 Å². The third-order valence-corrected chi connectivity index (χ3v) is 5.37. The SMILES string of the molecule is O=C(Nc1ccc(Cl)cn1)C1CCN(C(=O)Cc2ccc(F)c(Br)c2)CC1. The summed E-state index contributed by atoms with van der Waals surface area (Å²) in [4.78, 5) is 30.6. The fourth-order valence-electron chi connectivity index (χ4n) is 3.01.